The summed E-state index contributed by atoms with van der Waals surface area (Å²) in [5, 5.41) is 17.4. The van der Waals surface area contributed by atoms with Gasteiger partial charge in [0.2, 0.25) is 11.8 Å². The average Bonchev–Trinajstić information content (AvgIpc) is 3.58. The van der Waals surface area contributed by atoms with Crippen molar-refractivity contribution in [2.75, 3.05) is 6.54 Å². The van der Waals surface area contributed by atoms with E-state index in [1.165, 1.54) is 15.9 Å². The zero-order valence-electron chi connectivity index (χ0n) is 26.3. The van der Waals surface area contributed by atoms with E-state index in [1.807, 2.05) is 18.2 Å². The molecule has 0 saturated carbocycles. The van der Waals surface area contributed by atoms with Crippen LogP contribution in [0.2, 0.25) is 5.02 Å². The lowest BCUT2D eigenvalue weighted by Crippen LogP contribution is -2.57. The smallest absolute Gasteiger partial charge is 0.410 e. The fourth-order valence-corrected chi connectivity index (χ4v) is 5.73. The maximum atomic E-state index is 13.8. The number of amides is 3. The molecule has 0 radical (unpaired) electrons. The van der Waals surface area contributed by atoms with Gasteiger partial charge in [-0.25, -0.2) is 9.48 Å². The number of rotatable bonds is 8. The van der Waals surface area contributed by atoms with Crippen molar-refractivity contribution in [3.8, 4) is 16.8 Å². The summed E-state index contributed by atoms with van der Waals surface area (Å²) in [4.78, 5) is 41.6. The number of aromatic nitrogens is 4. The van der Waals surface area contributed by atoms with Crippen molar-refractivity contribution in [1.82, 2.24) is 35.7 Å². The van der Waals surface area contributed by atoms with Gasteiger partial charge in [0.25, 0.3) is 0 Å². The molecule has 46 heavy (non-hydrogen) atoms. The van der Waals surface area contributed by atoms with Crippen molar-refractivity contribution in [1.29, 1.82) is 0 Å². The Kier molecular flexibility index (Phi) is 10.0. The highest BCUT2D eigenvalue weighted by atomic mass is 35.5. The van der Waals surface area contributed by atoms with E-state index in [0.29, 0.717) is 35.7 Å². The number of ether oxygens (including phenoxy) is 1. The molecule has 3 aromatic carbocycles. The molecular formula is C34H38ClN7O4. The maximum Gasteiger partial charge on any atom is 0.410 e. The lowest BCUT2D eigenvalue weighted by molar-refractivity contribution is -0.132. The topological polar surface area (TPSA) is 131 Å². The highest BCUT2D eigenvalue weighted by Crippen LogP contribution is 2.34. The molecule has 1 unspecified atom stereocenters. The molecule has 0 bridgehead atoms. The Bertz CT molecular complexity index is 1660. The summed E-state index contributed by atoms with van der Waals surface area (Å²) in [6, 6.07) is 21.9. The van der Waals surface area contributed by atoms with Gasteiger partial charge >= 0.3 is 6.09 Å². The first kappa shape index (κ1) is 32.6. The number of benzene rings is 3. The molecule has 12 heteroatoms. The van der Waals surface area contributed by atoms with Crippen LogP contribution >= 0.6 is 11.6 Å². The molecule has 2 N–H and O–H groups in total. The number of carbonyl (C=O) groups excluding carboxylic acids is 3. The summed E-state index contributed by atoms with van der Waals surface area (Å²) in [5.74, 6) is -0.782. The van der Waals surface area contributed by atoms with Gasteiger partial charge in [-0.1, -0.05) is 66.2 Å². The maximum absolute atomic E-state index is 13.8. The van der Waals surface area contributed by atoms with E-state index in [0.717, 1.165) is 16.7 Å². The molecule has 1 fully saturated rings. The minimum Gasteiger partial charge on any atom is -0.444 e. The van der Waals surface area contributed by atoms with Gasteiger partial charge in [0.15, 0.2) is 0 Å². The monoisotopic (exact) mass is 643 g/mol. The van der Waals surface area contributed by atoms with E-state index in [4.69, 9.17) is 16.3 Å². The first-order valence-corrected chi connectivity index (χ1v) is 15.6. The zero-order chi connectivity index (χ0) is 32.8. The number of hydrogen-bond acceptors (Lipinski definition) is 7. The van der Waals surface area contributed by atoms with Crippen molar-refractivity contribution in [2.45, 2.75) is 70.7 Å². The van der Waals surface area contributed by atoms with Crippen LogP contribution in [-0.2, 0) is 20.9 Å². The van der Waals surface area contributed by atoms with Crippen molar-refractivity contribution in [3.05, 3.63) is 95.3 Å². The van der Waals surface area contributed by atoms with Crippen LogP contribution in [-0.4, -0.2) is 67.2 Å². The van der Waals surface area contributed by atoms with Gasteiger partial charge in [0.1, 0.15) is 24.0 Å². The van der Waals surface area contributed by atoms with Crippen LogP contribution in [0.1, 0.15) is 57.6 Å². The summed E-state index contributed by atoms with van der Waals surface area (Å²) < 4.78 is 7.13. The van der Waals surface area contributed by atoms with Gasteiger partial charge in [0.05, 0.1) is 5.69 Å². The predicted octanol–water partition coefficient (Wildman–Crippen LogP) is 5.29. The van der Waals surface area contributed by atoms with Gasteiger partial charge < -0.3 is 15.4 Å². The van der Waals surface area contributed by atoms with Gasteiger partial charge in [-0.3, -0.25) is 14.5 Å². The second-order valence-electron chi connectivity index (χ2n) is 12.4. The molecule has 1 aromatic heterocycles. The summed E-state index contributed by atoms with van der Waals surface area (Å²) in [5.41, 5.74) is 3.94. The molecule has 1 saturated heterocycles. The number of carbonyl (C=O) groups is 3. The fraction of sp³-hybridized carbons (Fsp3) is 0.353. The van der Waals surface area contributed by atoms with Crippen LogP contribution in [0.5, 0.6) is 0 Å². The molecule has 1 aliphatic rings. The van der Waals surface area contributed by atoms with Crippen LogP contribution in [0.3, 0.4) is 0 Å². The van der Waals surface area contributed by atoms with Gasteiger partial charge in [-0.05, 0) is 97.3 Å². The molecule has 11 nitrogen and oxygen atoms in total. The predicted molar refractivity (Wildman–Crippen MR) is 174 cm³/mol. The lowest BCUT2D eigenvalue weighted by Gasteiger charge is -2.39. The SMILES string of the molecule is CC(NC(=O)[C@H]1C[C@@H](c2ccc(-c3ccccc3)cc2)CCN1C(=O)OC(C)(C)C)C(=O)NCc1cc(Cl)ccc1-n1cnnn1. The Morgan fingerprint density at radius 1 is 1.02 bits per heavy atom. The molecule has 4 aromatic rings. The van der Waals surface area contributed by atoms with E-state index in [-0.39, 0.29) is 12.5 Å². The summed E-state index contributed by atoms with van der Waals surface area (Å²) >= 11 is 6.21. The van der Waals surface area contributed by atoms with Crippen molar-refractivity contribution in [3.63, 3.8) is 0 Å². The number of nitrogens with one attached hydrogen (secondary N) is 2. The zero-order valence-corrected chi connectivity index (χ0v) is 27.1. The Morgan fingerprint density at radius 3 is 2.41 bits per heavy atom. The molecule has 240 valence electrons. The summed E-state index contributed by atoms with van der Waals surface area (Å²) in [6.45, 7) is 7.44. The minimum absolute atomic E-state index is 0.0379. The summed E-state index contributed by atoms with van der Waals surface area (Å²) in [7, 11) is 0. The standard InChI is InChI=1S/C34H38ClN7O4/c1-22(31(43)36-20-27-18-28(35)14-15-29(27)42-21-37-39-40-42)38-32(44)30-19-26(16-17-41(30)33(45)46-34(2,3)4)25-12-10-24(11-13-25)23-8-6-5-7-9-23/h5-15,18,21-22,26,30H,16-17,19-20H2,1-4H3,(H,36,43)(H,38,44)/t22?,26-,30+/m0/s1. The van der Waals surface area contributed by atoms with Crippen LogP contribution in [0, 0.1) is 0 Å². The third-order valence-corrected chi connectivity index (χ3v) is 8.10. The van der Waals surface area contributed by atoms with Gasteiger partial charge in [-0.15, -0.1) is 5.10 Å². The number of likely N-dealkylation sites (tertiary alicyclic amines) is 1. The lowest BCUT2D eigenvalue weighted by atomic mass is 9.84. The molecule has 5 rings (SSSR count). The van der Waals surface area contributed by atoms with Crippen LogP contribution in [0.4, 0.5) is 4.79 Å². The number of halogens is 1. The molecule has 0 aliphatic carbocycles. The second-order valence-corrected chi connectivity index (χ2v) is 12.8. The molecule has 3 amide bonds. The van der Waals surface area contributed by atoms with Crippen LogP contribution in [0.15, 0.2) is 79.1 Å². The Balaban J connectivity index is 1.28. The Hall–Kier alpha value is -4.77. The Labute approximate surface area is 273 Å². The number of hydrogen-bond donors (Lipinski definition) is 2. The fourth-order valence-electron chi connectivity index (χ4n) is 5.54. The van der Waals surface area contributed by atoms with E-state index >= 15 is 0 Å². The molecule has 2 heterocycles. The number of nitrogens with zero attached hydrogens (tertiary/aromatic N) is 5. The third kappa shape index (κ3) is 8.08. The highest BCUT2D eigenvalue weighted by Gasteiger charge is 2.39. The van der Waals surface area contributed by atoms with E-state index in [9.17, 15) is 14.4 Å². The van der Waals surface area contributed by atoms with E-state index in [1.54, 1.807) is 45.9 Å². The van der Waals surface area contributed by atoms with Crippen molar-refractivity contribution >= 4 is 29.5 Å². The molecule has 3 atom stereocenters. The molecular weight excluding hydrogens is 606 g/mol. The van der Waals surface area contributed by atoms with E-state index < -0.39 is 35.6 Å². The van der Waals surface area contributed by atoms with Crippen LogP contribution in [0.25, 0.3) is 16.8 Å². The Morgan fingerprint density at radius 2 is 1.74 bits per heavy atom. The first-order chi connectivity index (χ1) is 22.0. The highest BCUT2D eigenvalue weighted by molar-refractivity contribution is 6.30. The largest absolute Gasteiger partial charge is 0.444 e. The quantitative estimate of drug-likeness (QED) is 0.267. The van der Waals surface area contributed by atoms with Crippen molar-refractivity contribution < 1.29 is 19.1 Å². The molecule has 0 spiro atoms. The van der Waals surface area contributed by atoms with Gasteiger partial charge in [0, 0.05) is 18.1 Å². The first-order valence-electron chi connectivity index (χ1n) is 15.2. The normalized spacial score (nSPS) is 17.2. The minimum atomic E-state index is -0.880. The van der Waals surface area contributed by atoms with Crippen LogP contribution < -0.4 is 10.6 Å². The van der Waals surface area contributed by atoms with Crippen molar-refractivity contribution in [2.24, 2.45) is 0 Å². The molecule has 1 aliphatic heterocycles. The number of piperidine rings is 1. The second kappa shape index (κ2) is 14.1. The number of tetrazole rings is 1. The third-order valence-electron chi connectivity index (χ3n) is 7.86. The van der Waals surface area contributed by atoms with E-state index in [2.05, 4.69) is 62.6 Å². The summed E-state index contributed by atoms with van der Waals surface area (Å²) in [6.07, 6.45) is 1.95. The average molecular weight is 644 g/mol. The van der Waals surface area contributed by atoms with Gasteiger partial charge in [-0.2, -0.15) is 0 Å².